The first-order valence-corrected chi connectivity index (χ1v) is 4.83. The molecule has 0 saturated heterocycles. The van der Waals surface area contributed by atoms with Gasteiger partial charge in [0.05, 0.1) is 19.6 Å². The highest BCUT2D eigenvalue weighted by atomic mass is 16.5. The fraction of sp³-hybridized carbons (Fsp3) is 0.364. The minimum absolute atomic E-state index is 0.248. The Morgan fingerprint density at radius 1 is 1.38 bits per heavy atom. The molecule has 2 atom stereocenters. The van der Waals surface area contributed by atoms with Gasteiger partial charge < -0.3 is 20.7 Å². The van der Waals surface area contributed by atoms with Gasteiger partial charge in [-0.1, -0.05) is 12.1 Å². The molecule has 0 aromatic heterocycles. The fourth-order valence-corrected chi connectivity index (χ4v) is 1.28. The Kier molecular flexibility index (Phi) is 4.28. The lowest BCUT2D eigenvalue weighted by Crippen LogP contribution is -2.22. The molecule has 0 aliphatic heterocycles. The summed E-state index contributed by atoms with van der Waals surface area (Å²) >= 11 is 0. The summed E-state index contributed by atoms with van der Waals surface area (Å²) in [6.45, 7) is 0. The Balaban J connectivity index is 2.66. The van der Waals surface area contributed by atoms with Gasteiger partial charge in [-0.25, -0.2) is 0 Å². The highest BCUT2D eigenvalue weighted by Gasteiger charge is 2.21. The van der Waals surface area contributed by atoms with Gasteiger partial charge in [-0.15, -0.1) is 0 Å². The van der Waals surface area contributed by atoms with E-state index in [1.807, 2.05) is 0 Å². The van der Waals surface area contributed by atoms with Crippen molar-refractivity contribution in [2.75, 3.05) is 12.8 Å². The van der Waals surface area contributed by atoms with Crippen LogP contribution in [0.5, 0.6) is 0 Å². The molecule has 0 amide bonds. The molecule has 0 radical (unpaired) electrons. The standard InChI is InChI=1S/C11H15NO4/c1-16-10(14)6-9(13)11(15)7-2-4-8(12)5-3-7/h2-5,9,11,13,15H,6,12H2,1H3. The molecular formula is C11H15NO4. The summed E-state index contributed by atoms with van der Waals surface area (Å²) in [7, 11) is 1.23. The molecule has 0 aliphatic carbocycles. The monoisotopic (exact) mass is 225 g/mol. The molecule has 0 saturated carbocycles. The molecule has 0 heterocycles. The van der Waals surface area contributed by atoms with Gasteiger partial charge in [0, 0.05) is 5.69 Å². The lowest BCUT2D eigenvalue weighted by molar-refractivity contribution is -0.144. The molecule has 5 heteroatoms. The van der Waals surface area contributed by atoms with E-state index in [2.05, 4.69) is 4.74 Å². The molecule has 4 N–H and O–H groups in total. The van der Waals surface area contributed by atoms with Crippen molar-refractivity contribution in [3.8, 4) is 0 Å². The van der Waals surface area contributed by atoms with E-state index in [-0.39, 0.29) is 6.42 Å². The predicted octanol–water partition coefficient (Wildman–Crippen LogP) is 0.226. The Hall–Kier alpha value is -1.59. The number of ether oxygens (including phenoxy) is 1. The summed E-state index contributed by atoms with van der Waals surface area (Å²) in [5, 5.41) is 19.3. The van der Waals surface area contributed by atoms with Crippen molar-refractivity contribution in [2.45, 2.75) is 18.6 Å². The fourth-order valence-electron chi connectivity index (χ4n) is 1.28. The average Bonchev–Trinajstić information content (AvgIpc) is 2.28. The number of methoxy groups -OCH3 is 1. The van der Waals surface area contributed by atoms with E-state index in [4.69, 9.17) is 5.73 Å². The number of aliphatic hydroxyl groups excluding tert-OH is 2. The Bertz CT molecular complexity index is 350. The first-order chi connectivity index (χ1) is 7.54. The SMILES string of the molecule is COC(=O)CC(O)C(O)c1ccc(N)cc1. The Morgan fingerprint density at radius 2 is 1.94 bits per heavy atom. The average molecular weight is 225 g/mol. The van der Waals surface area contributed by atoms with Crippen LogP contribution in [-0.2, 0) is 9.53 Å². The van der Waals surface area contributed by atoms with Crippen molar-refractivity contribution in [2.24, 2.45) is 0 Å². The van der Waals surface area contributed by atoms with Crippen molar-refractivity contribution in [3.63, 3.8) is 0 Å². The zero-order valence-corrected chi connectivity index (χ0v) is 8.96. The molecular weight excluding hydrogens is 210 g/mol. The molecule has 0 fully saturated rings. The maximum Gasteiger partial charge on any atom is 0.308 e. The third-order valence-corrected chi connectivity index (χ3v) is 2.25. The lowest BCUT2D eigenvalue weighted by atomic mass is 10.0. The maximum atomic E-state index is 10.9. The van der Waals surface area contributed by atoms with E-state index in [1.54, 1.807) is 24.3 Å². The van der Waals surface area contributed by atoms with Gasteiger partial charge in [0.2, 0.25) is 0 Å². The van der Waals surface area contributed by atoms with E-state index in [0.717, 1.165) is 0 Å². The number of hydrogen-bond acceptors (Lipinski definition) is 5. The predicted molar refractivity (Wildman–Crippen MR) is 58.5 cm³/mol. The summed E-state index contributed by atoms with van der Waals surface area (Å²) in [5.41, 5.74) is 6.56. The number of nitrogens with two attached hydrogens (primary N) is 1. The van der Waals surface area contributed by atoms with Gasteiger partial charge in [-0.2, -0.15) is 0 Å². The van der Waals surface area contributed by atoms with Gasteiger partial charge in [0.1, 0.15) is 6.10 Å². The van der Waals surface area contributed by atoms with Crippen LogP contribution in [0.3, 0.4) is 0 Å². The number of esters is 1. The molecule has 0 spiro atoms. The van der Waals surface area contributed by atoms with Gasteiger partial charge in [-0.3, -0.25) is 4.79 Å². The molecule has 1 aromatic carbocycles. The van der Waals surface area contributed by atoms with Gasteiger partial charge in [0.15, 0.2) is 0 Å². The van der Waals surface area contributed by atoms with E-state index >= 15 is 0 Å². The molecule has 16 heavy (non-hydrogen) atoms. The zero-order chi connectivity index (χ0) is 12.1. The lowest BCUT2D eigenvalue weighted by Gasteiger charge is -2.17. The van der Waals surface area contributed by atoms with Gasteiger partial charge in [0.25, 0.3) is 0 Å². The van der Waals surface area contributed by atoms with Crippen LogP contribution in [0.15, 0.2) is 24.3 Å². The number of carbonyl (C=O) groups excluding carboxylic acids is 1. The summed E-state index contributed by atoms with van der Waals surface area (Å²) in [6, 6.07) is 6.42. The quantitative estimate of drug-likeness (QED) is 0.503. The van der Waals surface area contributed by atoms with Crippen molar-refractivity contribution < 1.29 is 19.7 Å². The minimum Gasteiger partial charge on any atom is -0.469 e. The number of aliphatic hydroxyl groups is 2. The van der Waals surface area contributed by atoms with Crippen LogP contribution in [-0.4, -0.2) is 29.4 Å². The summed E-state index contributed by atoms with van der Waals surface area (Å²) in [4.78, 5) is 10.9. The Morgan fingerprint density at radius 3 is 2.44 bits per heavy atom. The third-order valence-electron chi connectivity index (χ3n) is 2.25. The van der Waals surface area contributed by atoms with Gasteiger partial charge >= 0.3 is 5.97 Å². The number of anilines is 1. The number of hydrogen-bond donors (Lipinski definition) is 3. The second kappa shape index (κ2) is 5.48. The molecule has 1 aromatic rings. The van der Waals surface area contributed by atoms with E-state index in [0.29, 0.717) is 11.3 Å². The van der Waals surface area contributed by atoms with E-state index in [9.17, 15) is 15.0 Å². The molecule has 0 aliphatic rings. The van der Waals surface area contributed by atoms with Crippen LogP contribution in [0.2, 0.25) is 0 Å². The first kappa shape index (κ1) is 12.5. The minimum atomic E-state index is -1.18. The maximum absolute atomic E-state index is 10.9. The number of rotatable bonds is 4. The van der Waals surface area contributed by atoms with Crippen LogP contribution >= 0.6 is 0 Å². The molecule has 1 rings (SSSR count). The number of nitrogen functional groups attached to an aromatic ring is 1. The van der Waals surface area contributed by atoms with Crippen LogP contribution in [0.1, 0.15) is 18.1 Å². The highest BCUT2D eigenvalue weighted by molar-refractivity contribution is 5.69. The van der Waals surface area contributed by atoms with Crippen LogP contribution in [0, 0.1) is 0 Å². The van der Waals surface area contributed by atoms with Crippen molar-refractivity contribution in [1.82, 2.24) is 0 Å². The first-order valence-electron chi connectivity index (χ1n) is 4.83. The summed E-state index contributed by atoms with van der Waals surface area (Å²) in [6.07, 6.45) is -2.56. The van der Waals surface area contributed by atoms with Crippen LogP contribution in [0.25, 0.3) is 0 Å². The summed E-state index contributed by atoms with van der Waals surface area (Å²) in [5.74, 6) is -0.568. The van der Waals surface area contributed by atoms with Crippen molar-refractivity contribution in [3.05, 3.63) is 29.8 Å². The highest BCUT2D eigenvalue weighted by Crippen LogP contribution is 2.20. The van der Waals surface area contributed by atoms with Crippen molar-refractivity contribution in [1.29, 1.82) is 0 Å². The normalized spacial score (nSPS) is 14.2. The van der Waals surface area contributed by atoms with Crippen LogP contribution < -0.4 is 5.73 Å². The largest absolute Gasteiger partial charge is 0.469 e. The van der Waals surface area contributed by atoms with E-state index in [1.165, 1.54) is 7.11 Å². The Labute approximate surface area is 93.5 Å². The molecule has 5 nitrogen and oxygen atoms in total. The van der Waals surface area contributed by atoms with Gasteiger partial charge in [-0.05, 0) is 17.7 Å². The smallest absolute Gasteiger partial charge is 0.308 e. The van der Waals surface area contributed by atoms with Crippen LogP contribution in [0.4, 0.5) is 5.69 Å². The zero-order valence-electron chi connectivity index (χ0n) is 8.96. The third kappa shape index (κ3) is 3.22. The molecule has 88 valence electrons. The topological polar surface area (TPSA) is 92.8 Å². The second-order valence-corrected chi connectivity index (χ2v) is 3.46. The van der Waals surface area contributed by atoms with E-state index < -0.39 is 18.2 Å². The second-order valence-electron chi connectivity index (χ2n) is 3.46. The molecule has 2 unspecified atom stereocenters. The summed E-state index contributed by atoms with van der Waals surface area (Å²) < 4.78 is 4.40. The molecule has 0 bridgehead atoms. The van der Waals surface area contributed by atoms with Crippen molar-refractivity contribution >= 4 is 11.7 Å². The number of carbonyl (C=O) groups is 1. The number of benzene rings is 1.